The van der Waals surface area contributed by atoms with Crippen LogP contribution in [-0.2, 0) is 0 Å². The van der Waals surface area contributed by atoms with Gasteiger partial charge in [0.05, 0.1) is 17.0 Å². The highest BCUT2D eigenvalue weighted by Crippen LogP contribution is 2.30. The Balaban J connectivity index is 2.24. The molecule has 0 aliphatic rings. The topological polar surface area (TPSA) is 45.4 Å². The zero-order chi connectivity index (χ0) is 12.4. The number of nitrogens with one attached hydrogen (secondary N) is 1. The van der Waals surface area contributed by atoms with E-state index in [-0.39, 0.29) is 5.88 Å². The summed E-state index contributed by atoms with van der Waals surface area (Å²) in [5.74, 6) is 1.02. The van der Waals surface area contributed by atoms with E-state index in [4.69, 9.17) is 27.6 Å². The molecule has 5 heteroatoms. The Kier molecular flexibility index (Phi) is 3.82. The third kappa shape index (κ3) is 2.86. The number of benzene rings is 1. The predicted octanol–water partition coefficient (Wildman–Crippen LogP) is 3.41. The van der Waals surface area contributed by atoms with Crippen molar-refractivity contribution in [2.45, 2.75) is 13.0 Å². The second kappa shape index (κ2) is 5.17. The molecule has 0 aliphatic heterocycles. The molecule has 3 nitrogen and oxygen atoms in total. The smallest absolute Gasteiger partial charge is 0.152 e. The van der Waals surface area contributed by atoms with E-state index < -0.39 is 6.10 Å². The lowest BCUT2D eigenvalue weighted by Crippen LogP contribution is -2.20. The number of aryl methyl sites for hydroxylation is 1. The molecule has 0 saturated carbocycles. The number of alkyl halides is 1. The fourth-order valence-corrected chi connectivity index (χ4v) is 2.01. The lowest BCUT2D eigenvalue weighted by molar-refractivity contribution is 0.211. The summed E-state index contributed by atoms with van der Waals surface area (Å²) in [5, 5.41) is 13.9. The summed E-state index contributed by atoms with van der Waals surface area (Å²) in [4.78, 5) is 0. The molecule has 1 heterocycles. The predicted molar refractivity (Wildman–Crippen MR) is 71.2 cm³/mol. The maximum atomic E-state index is 9.36. The number of furan rings is 1. The Morgan fingerprint density at radius 2 is 2.18 bits per heavy atom. The molecule has 1 unspecified atom stereocenters. The molecule has 0 bridgehead atoms. The number of anilines is 1. The van der Waals surface area contributed by atoms with Gasteiger partial charge in [-0.1, -0.05) is 11.6 Å². The van der Waals surface area contributed by atoms with Crippen LogP contribution in [0.1, 0.15) is 5.76 Å². The summed E-state index contributed by atoms with van der Waals surface area (Å²) in [6.07, 6.45) is -0.572. The second-order valence-electron chi connectivity index (χ2n) is 3.92. The van der Waals surface area contributed by atoms with Gasteiger partial charge in [-0.15, -0.1) is 11.6 Å². The van der Waals surface area contributed by atoms with Gasteiger partial charge in [0.2, 0.25) is 0 Å². The van der Waals surface area contributed by atoms with Crippen molar-refractivity contribution in [2.24, 2.45) is 0 Å². The van der Waals surface area contributed by atoms with Crippen LogP contribution in [0.3, 0.4) is 0 Å². The lowest BCUT2D eigenvalue weighted by atomic mass is 10.2. The lowest BCUT2D eigenvalue weighted by Gasteiger charge is -2.10. The van der Waals surface area contributed by atoms with Gasteiger partial charge in [0.15, 0.2) is 5.58 Å². The van der Waals surface area contributed by atoms with E-state index in [2.05, 4.69) is 5.32 Å². The SMILES string of the molecule is Cc1cc2cc(NCC(O)CCl)cc(Cl)c2o1. The monoisotopic (exact) mass is 273 g/mol. The van der Waals surface area contributed by atoms with Crippen molar-refractivity contribution in [3.05, 3.63) is 29.0 Å². The van der Waals surface area contributed by atoms with E-state index in [1.165, 1.54) is 0 Å². The molecule has 0 fully saturated rings. The highest BCUT2D eigenvalue weighted by Gasteiger charge is 2.08. The number of hydrogen-bond acceptors (Lipinski definition) is 3. The minimum atomic E-state index is -0.572. The molecule has 1 aromatic carbocycles. The van der Waals surface area contributed by atoms with E-state index in [0.717, 1.165) is 16.8 Å². The zero-order valence-corrected chi connectivity index (χ0v) is 10.8. The van der Waals surface area contributed by atoms with Crippen molar-refractivity contribution in [1.82, 2.24) is 0 Å². The van der Waals surface area contributed by atoms with Gasteiger partial charge in [-0.2, -0.15) is 0 Å². The summed E-state index contributed by atoms with van der Waals surface area (Å²) < 4.78 is 5.47. The van der Waals surface area contributed by atoms with Gasteiger partial charge < -0.3 is 14.8 Å². The van der Waals surface area contributed by atoms with E-state index >= 15 is 0 Å². The second-order valence-corrected chi connectivity index (χ2v) is 4.64. The van der Waals surface area contributed by atoms with Crippen LogP contribution >= 0.6 is 23.2 Å². The average Bonchev–Trinajstić information content (AvgIpc) is 2.67. The van der Waals surface area contributed by atoms with Crippen molar-refractivity contribution in [3.63, 3.8) is 0 Å². The van der Waals surface area contributed by atoms with E-state index in [1.807, 2.05) is 19.1 Å². The summed E-state index contributed by atoms with van der Waals surface area (Å²) in [6.45, 7) is 2.27. The average molecular weight is 274 g/mol. The Morgan fingerprint density at radius 3 is 2.88 bits per heavy atom. The molecule has 2 N–H and O–H groups in total. The Labute approximate surface area is 109 Å². The Morgan fingerprint density at radius 1 is 1.41 bits per heavy atom. The van der Waals surface area contributed by atoms with E-state index in [9.17, 15) is 5.11 Å². The molecule has 0 amide bonds. The fourth-order valence-electron chi connectivity index (χ4n) is 1.63. The van der Waals surface area contributed by atoms with Crippen LogP contribution in [0.2, 0.25) is 5.02 Å². The third-order valence-corrected chi connectivity index (χ3v) is 3.05. The van der Waals surface area contributed by atoms with E-state index in [0.29, 0.717) is 17.2 Å². The van der Waals surface area contributed by atoms with Crippen LogP contribution in [0.5, 0.6) is 0 Å². The number of aliphatic hydroxyl groups excluding tert-OH is 1. The molecule has 17 heavy (non-hydrogen) atoms. The van der Waals surface area contributed by atoms with Crippen LogP contribution < -0.4 is 5.32 Å². The van der Waals surface area contributed by atoms with E-state index in [1.54, 1.807) is 6.07 Å². The molecule has 2 aromatic rings. The summed E-state index contributed by atoms with van der Waals surface area (Å²) in [5.41, 5.74) is 1.53. The van der Waals surface area contributed by atoms with Gasteiger partial charge in [0.25, 0.3) is 0 Å². The molecule has 0 saturated heterocycles. The quantitative estimate of drug-likeness (QED) is 0.840. The molecule has 0 spiro atoms. The summed E-state index contributed by atoms with van der Waals surface area (Å²) in [6, 6.07) is 5.62. The molecular weight excluding hydrogens is 261 g/mol. The van der Waals surface area contributed by atoms with Crippen LogP contribution in [0.25, 0.3) is 11.0 Å². The molecule has 2 rings (SSSR count). The van der Waals surface area contributed by atoms with Crippen LogP contribution in [0, 0.1) is 6.92 Å². The number of rotatable bonds is 4. The normalized spacial score (nSPS) is 12.9. The maximum Gasteiger partial charge on any atom is 0.152 e. The zero-order valence-electron chi connectivity index (χ0n) is 9.34. The van der Waals surface area contributed by atoms with Gasteiger partial charge in [-0.05, 0) is 25.1 Å². The first-order chi connectivity index (χ1) is 8.10. The first kappa shape index (κ1) is 12.6. The van der Waals surface area contributed by atoms with Crippen LogP contribution in [0.15, 0.2) is 22.6 Å². The molecule has 92 valence electrons. The van der Waals surface area contributed by atoms with Crippen LogP contribution in [-0.4, -0.2) is 23.6 Å². The van der Waals surface area contributed by atoms with Gasteiger partial charge >= 0.3 is 0 Å². The first-order valence-electron chi connectivity index (χ1n) is 5.27. The van der Waals surface area contributed by atoms with Gasteiger partial charge in [-0.25, -0.2) is 0 Å². The third-order valence-electron chi connectivity index (χ3n) is 2.41. The highest BCUT2D eigenvalue weighted by atomic mass is 35.5. The van der Waals surface area contributed by atoms with Crippen molar-refractivity contribution in [3.8, 4) is 0 Å². The molecule has 0 aliphatic carbocycles. The standard InChI is InChI=1S/C12H13Cl2NO2/c1-7-2-8-3-9(15-6-10(16)5-13)4-11(14)12(8)17-7/h2-4,10,15-16H,5-6H2,1H3. The Bertz CT molecular complexity index is 524. The van der Waals surface area contributed by atoms with Gasteiger partial charge in [-0.3, -0.25) is 0 Å². The first-order valence-corrected chi connectivity index (χ1v) is 6.19. The van der Waals surface area contributed by atoms with Gasteiger partial charge in [0, 0.05) is 17.6 Å². The van der Waals surface area contributed by atoms with Crippen molar-refractivity contribution < 1.29 is 9.52 Å². The number of aliphatic hydroxyl groups is 1. The fraction of sp³-hybridized carbons (Fsp3) is 0.333. The van der Waals surface area contributed by atoms with Gasteiger partial charge in [0.1, 0.15) is 5.76 Å². The largest absolute Gasteiger partial charge is 0.460 e. The highest BCUT2D eigenvalue weighted by molar-refractivity contribution is 6.35. The summed E-state index contributed by atoms with van der Waals surface area (Å²) >= 11 is 11.6. The van der Waals surface area contributed by atoms with Crippen LogP contribution in [0.4, 0.5) is 5.69 Å². The minimum absolute atomic E-state index is 0.202. The number of halogens is 2. The summed E-state index contributed by atoms with van der Waals surface area (Å²) in [7, 11) is 0. The molecule has 0 radical (unpaired) electrons. The minimum Gasteiger partial charge on any atom is -0.460 e. The molecule has 1 aromatic heterocycles. The maximum absolute atomic E-state index is 9.36. The van der Waals surface area contributed by atoms with Crippen molar-refractivity contribution >= 4 is 39.9 Å². The van der Waals surface area contributed by atoms with Crippen molar-refractivity contribution in [2.75, 3.05) is 17.7 Å². The molecule has 1 atom stereocenters. The number of fused-ring (bicyclic) bond motifs is 1. The Hall–Kier alpha value is -0.900. The number of hydrogen-bond donors (Lipinski definition) is 2. The molecular formula is C12H13Cl2NO2. The van der Waals surface area contributed by atoms with Crippen molar-refractivity contribution in [1.29, 1.82) is 0 Å².